The van der Waals surface area contributed by atoms with Gasteiger partial charge in [0.2, 0.25) is 0 Å². The van der Waals surface area contributed by atoms with Gasteiger partial charge in [0.05, 0.1) is 6.42 Å². The van der Waals surface area contributed by atoms with Gasteiger partial charge in [-0.1, -0.05) is 17.7 Å². The molecule has 1 aliphatic carbocycles. The number of carbonyl (C=O) groups is 3. The zero-order valence-electron chi connectivity index (χ0n) is 16.2. The maximum atomic E-state index is 12.3. The molecule has 1 atom stereocenters. The molecule has 0 bridgehead atoms. The molecular weight excluding hydrogens is 392 g/mol. The highest BCUT2D eigenvalue weighted by Gasteiger charge is 2.19. The van der Waals surface area contributed by atoms with Gasteiger partial charge in [0, 0.05) is 22.8 Å². The normalized spacial score (nSPS) is 13.3. The Hall–Kier alpha value is -2.86. The number of fused-ring (bicyclic) bond motifs is 1. The molecule has 2 aromatic rings. The number of anilines is 1. The van der Waals surface area contributed by atoms with Crippen molar-refractivity contribution >= 4 is 35.1 Å². The molecular formula is C22H23ClN2O4. The number of aryl methyl sites for hydroxylation is 2. The standard InChI is InChI=1S/C22H23ClN2O4/c1-14(21(27)25-19-10-7-15-3-2-4-17(15)13-19)29-20(26)11-12-24-22(28)16-5-8-18(23)9-6-16/h5-10,13-14H,2-4,11-12H2,1H3,(H,24,28)(H,25,27)/t14-/m0/s1. The molecule has 2 amide bonds. The molecule has 0 radical (unpaired) electrons. The predicted molar refractivity (Wildman–Crippen MR) is 111 cm³/mol. The maximum Gasteiger partial charge on any atom is 0.308 e. The Labute approximate surface area is 174 Å². The minimum absolute atomic E-state index is 0.0319. The Morgan fingerprint density at radius 3 is 2.55 bits per heavy atom. The van der Waals surface area contributed by atoms with Crippen molar-refractivity contribution in [3.8, 4) is 0 Å². The molecule has 2 N–H and O–H groups in total. The van der Waals surface area contributed by atoms with Crippen molar-refractivity contribution in [1.29, 1.82) is 0 Å². The van der Waals surface area contributed by atoms with Gasteiger partial charge >= 0.3 is 5.97 Å². The van der Waals surface area contributed by atoms with Gasteiger partial charge < -0.3 is 15.4 Å². The number of carbonyl (C=O) groups excluding carboxylic acids is 3. The highest BCUT2D eigenvalue weighted by atomic mass is 35.5. The average molecular weight is 415 g/mol. The first-order valence-corrected chi connectivity index (χ1v) is 9.96. The number of hydrogen-bond donors (Lipinski definition) is 2. The molecule has 152 valence electrons. The number of esters is 1. The quantitative estimate of drug-likeness (QED) is 0.679. The van der Waals surface area contributed by atoms with Crippen LogP contribution in [0.3, 0.4) is 0 Å². The van der Waals surface area contributed by atoms with Crippen LogP contribution in [0.15, 0.2) is 42.5 Å². The summed E-state index contributed by atoms with van der Waals surface area (Å²) in [5.74, 6) is -1.25. The number of halogens is 1. The Kier molecular flexibility index (Phi) is 6.88. The van der Waals surface area contributed by atoms with Gasteiger partial charge in [0.25, 0.3) is 11.8 Å². The van der Waals surface area contributed by atoms with Crippen LogP contribution in [0.1, 0.15) is 41.3 Å². The molecule has 0 saturated carbocycles. The second kappa shape index (κ2) is 9.56. The maximum absolute atomic E-state index is 12.3. The lowest BCUT2D eigenvalue weighted by molar-refractivity contribution is -0.153. The summed E-state index contributed by atoms with van der Waals surface area (Å²) >= 11 is 5.79. The van der Waals surface area contributed by atoms with Gasteiger partial charge in [0.1, 0.15) is 0 Å². The second-order valence-electron chi connectivity index (χ2n) is 6.97. The second-order valence-corrected chi connectivity index (χ2v) is 7.41. The minimum Gasteiger partial charge on any atom is -0.452 e. The summed E-state index contributed by atoms with van der Waals surface area (Å²) in [6.07, 6.45) is 2.27. The lowest BCUT2D eigenvalue weighted by Gasteiger charge is -2.14. The molecule has 0 aromatic heterocycles. The third kappa shape index (κ3) is 5.81. The lowest BCUT2D eigenvalue weighted by Crippen LogP contribution is -2.32. The van der Waals surface area contributed by atoms with E-state index in [1.165, 1.54) is 18.1 Å². The number of nitrogens with one attached hydrogen (secondary N) is 2. The van der Waals surface area contributed by atoms with Crippen LogP contribution in [0.5, 0.6) is 0 Å². The van der Waals surface area contributed by atoms with Crippen LogP contribution >= 0.6 is 11.6 Å². The number of amides is 2. The van der Waals surface area contributed by atoms with Gasteiger partial charge in [0.15, 0.2) is 6.10 Å². The average Bonchev–Trinajstić information content (AvgIpc) is 3.16. The molecule has 0 spiro atoms. The summed E-state index contributed by atoms with van der Waals surface area (Å²) < 4.78 is 5.16. The summed E-state index contributed by atoms with van der Waals surface area (Å²) in [6.45, 7) is 1.63. The number of benzene rings is 2. The summed E-state index contributed by atoms with van der Waals surface area (Å²) in [5.41, 5.74) is 3.73. The van der Waals surface area contributed by atoms with E-state index in [9.17, 15) is 14.4 Å². The van der Waals surface area contributed by atoms with Gasteiger partial charge in [-0.25, -0.2) is 0 Å². The minimum atomic E-state index is -0.928. The molecule has 0 aliphatic heterocycles. The molecule has 0 heterocycles. The molecule has 0 unspecified atom stereocenters. The van der Waals surface area contributed by atoms with Crippen molar-refractivity contribution in [3.63, 3.8) is 0 Å². The van der Waals surface area contributed by atoms with Crippen LogP contribution in [0.25, 0.3) is 0 Å². The molecule has 7 heteroatoms. The summed E-state index contributed by atoms with van der Waals surface area (Å²) in [5, 5.41) is 5.95. The summed E-state index contributed by atoms with van der Waals surface area (Å²) in [6, 6.07) is 12.3. The molecule has 3 rings (SSSR count). The molecule has 0 fully saturated rings. The largest absolute Gasteiger partial charge is 0.452 e. The highest BCUT2D eigenvalue weighted by molar-refractivity contribution is 6.30. The van der Waals surface area contributed by atoms with Gasteiger partial charge in [-0.15, -0.1) is 0 Å². The van der Waals surface area contributed by atoms with E-state index in [0.29, 0.717) is 16.3 Å². The van der Waals surface area contributed by atoms with Crippen LogP contribution < -0.4 is 10.6 Å². The highest BCUT2D eigenvalue weighted by Crippen LogP contribution is 2.25. The van der Waals surface area contributed by atoms with Crippen LogP contribution in [0, 0.1) is 0 Å². The van der Waals surface area contributed by atoms with Crippen LogP contribution in [0.4, 0.5) is 5.69 Å². The molecule has 29 heavy (non-hydrogen) atoms. The fraction of sp³-hybridized carbons (Fsp3) is 0.318. The van der Waals surface area contributed by atoms with Gasteiger partial charge in [-0.05, 0) is 73.7 Å². The van der Waals surface area contributed by atoms with E-state index >= 15 is 0 Å². The zero-order chi connectivity index (χ0) is 20.8. The van der Waals surface area contributed by atoms with E-state index in [1.807, 2.05) is 18.2 Å². The van der Waals surface area contributed by atoms with Crippen molar-refractivity contribution in [3.05, 3.63) is 64.2 Å². The SMILES string of the molecule is C[C@H](OC(=O)CCNC(=O)c1ccc(Cl)cc1)C(=O)Nc1ccc2c(c1)CCC2. The summed E-state index contributed by atoms with van der Waals surface area (Å²) in [7, 11) is 0. The fourth-order valence-corrected chi connectivity index (χ4v) is 3.31. The monoisotopic (exact) mass is 414 g/mol. The van der Waals surface area contributed by atoms with E-state index in [1.54, 1.807) is 24.3 Å². The van der Waals surface area contributed by atoms with Crippen molar-refractivity contribution in [2.75, 3.05) is 11.9 Å². The lowest BCUT2D eigenvalue weighted by atomic mass is 10.1. The Morgan fingerprint density at radius 1 is 1.07 bits per heavy atom. The van der Waals surface area contributed by atoms with Crippen molar-refractivity contribution in [1.82, 2.24) is 5.32 Å². The van der Waals surface area contributed by atoms with Crippen LogP contribution in [-0.2, 0) is 27.2 Å². The van der Waals surface area contributed by atoms with E-state index in [-0.39, 0.29) is 24.8 Å². The van der Waals surface area contributed by atoms with Gasteiger partial charge in [-0.3, -0.25) is 14.4 Å². The summed E-state index contributed by atoms with van der Waals surface area (Å²) in [4.78, 5) is 36.2. The first kappa shape index (κ1) is 20.9. The number of hydrogen-bond acceptors (Lipinski definition) is 4. The van der Waals surface area contributed by atoms with E-state index in [4.69, 9.17) is 16.3 Å². The third-order valence-electron chi connectivity index (χ3n) is 4.76. The van der Waals surface area contributed by atoms with Crippen LogP contribution in [-0.4, -0.2) is 30.4 Å². The number of ether oxygens (including phenoxy) is 1. The molecule has 1 aliphatic rings. The molecule has 6 nitrogen and oxygen atoms in total. The predicted octanol–water partition coefficient (Wildman–Crippen LogP) is 3.52. The van der Waals surface area contributed by atoms with Crippen molar-refractivity contribution in [2.24, 2.45) is 0 Å². The van der Waals surface area contributed by atoms with Gasteiger partial charge in [-0.2, -0.15) is 0 Å². The third-order valence-corrected chi connectivity index (χ3v) is 5.02. The zero-order valence-corrected chi connectivity index (χ0v) is 16.9. The molecule has 0 saturated heterocycles. The first-order chi connectivity index (χ1) is 13.9. The Morgan fingerprint density at radius 2 is 1.79 bits per heavy atom. The first-order valence-electron chi connectivity index (χ1n) is 9.58. The smallest absolute Gasteiger partial charge is 0.308 e. The topological polar surface area (TPSA) is 84.5 Å². The van der Waals surface area contributed by atoms with E-state index in [2.05, 4.69) is 10.6 Å². The Balaban J connectivity index is 1.40. The van der Waals surface area contributed by atoms with Crippen LogP contribution in [0.2, 0.25) is 5.02 Å². The Bertz CT molecular complexity index is 912. The van der Waals surface area contributed by atoms with Crippen molar-refractivity contribution < 1.29 is 19.1 Å². The molecule has 2 aromatic carbocycles. The fourth-order valence-electron chi connectivity index (χ4n) is 3.18. The number of rotatable bonds is 7. The van der Waals surface area contributed by atoms with E-state index < -0.39 is 12.1 Å². The van der Waals surface area contributed by atoms with E-state index in [0.717, 1.165) is 19.3 Å². The van der Waals surface area contributed by atoms with Crippen molar-refractivity contribution in [2.45, 2.75) is 38.7 Å².